The number of rotatable bonds is 3. The van der Waals surface area contributed by atoms with E-state index in [0.29, 0.717) is 5.56 Å². The summed E-state index contributed by atoms with van der Waals surface area (Å²) in [5.74, 6) is 0. The minimum atomic E-state index is -0.371. The lowest BCUT2D eigenvalue weighted by molar-refractivity contribution is 0.194. The largest absolute Gasteiger partial charge is 0.454 e. The molecule has 6 aliphatic rings. The summed E-state index contributed by atoms with van der Waals surface area (Å²) in [6, 6.07) is 33.6. The zero-order valence-corrected chi connectivity index (χ0v) is 45.1. The summed E-state index contributed by atoms with van der Waals surface area (Å²) in [6.45, 7) is 28.7. The molecule has 0 spiro atoms. The normalized spacial score (nSPS) is 25.6. The molecule has 0 bridgehead atoms. The summed E-state index contributed by atoms with van der Waals surface area (Å²) < 4.78 is 51.2. The summed E-state index contributed by atoms with van der Waals surface area (Å²) in [5, 5.41) is 2.23. The highest BCUT2D eigenvalue weighted by Crippen LogP contribution is 2.65. The van der Waals surface area contributed by atoms with Gasteiger partial charge in [0, 0.05) is 50.0 Å². The summed E-state index contributed by atoms with van der Waals surface area (Å²) in [7, 11) is 0. The van der Waals surface area contributed by atoms with Gasteiger partial charge in [-0.25, -0.2) is 0 Å². The average Bonchev–Trinajstić information content (AvgIpc) is 2.35. The number of hydrogen-bond donors (Lipinski definition) is 0. The Morgan fingerprint density at radius 2 is 1.18 bits per heavy atom. The van der Waals surface area contributed by atoms with Crippen LogP contribution in [0.15, 0.2) is 126 Å². The molecule has 7 aromatic carbocycles. The fraction of sp³-hybridized carbons (Fsp3) is 0.382. The van der Waals surface area contributed by atoms with Gasteiger partial charge < -0.3 is 19.1 Å². The van der Waals surface area contributed by atoms with Gasteiger partial charge in [0.2, 0.25) is 0 Å². The SMILES string of the molecule is [2H]c1c([2H])c([2H])c(-c2ccc3c(c2)C2(C)CCCCC2(C)N3c2cc3c4c(c2)N2c5c(cc(C(C)(C)C)cc5C5(C)CCCCC25C)B4c2ccc4c(oc5ccccc54)c2N3c2c(C)cc(C(C)(C)C)cc2C)c([2H])c1[2H]. The second-order valence-electron chi connectivity index (χ2n) is 26.1. The summed E-state index contributed by atoms with van der Waals surface area (Å²) >= 11 is 0. The number of para-hydroxylation sites is 1. The first-order chi connectivity index (χ1) is 36.8. The molecular formula is C68H72BN3O. The lowest BCUT2D eigenvalue weighted by Gasteiger charge is -2.54. The maximum absolute atomic E-state index is 9.09. The second kappa shape index (κ2) is 14.8. The molecular weight excluding hydrogens is 886 g/mol. The van der Waals surface area contributed by atoms with Crippen LogP contribution in [-0.4, -0.2) is 17.8 Å². The molecule has 2 saturated carbocycles. The number of anilines is 7. The van der Waals surface area contributed by atoms with Crippen molar-refractivity contribution in [1.82, 2.24) is 0 Å². The molecule has 4 atom stereocenters. The fourth-order valence-corrected chi connectivity index (χ4v) is 15.8. The van der Waals surface area contributed by atoms with E-state index in [9.17, 15) is 0 Å². The molecule has 1 aromatic heterocycles. The van der Waals surface area contributed by atoms with E-state index in [1.807, 2.05) is 6.07 Å². The van der Waals surface area contributed by atoms with Crippen LogP contribution in [0.2, 0.25) is 0 Å². The van der Waals surface area contributed by atoms with Gasteiger partial charge in [-0.05, 0) is 155 Å². The first-order valence-corrected chi connectivity index (χ1v) is 27.4. The molecule has 5 heteroatoms. The molecule has 0 amide bonds. The summed E-state index contributed by atoms with van der Waals surface area (Å²) in [6.07, 6.45) is 8.69. The topological polar surface area (TPSA) is 22.9 Å². The van der Waals surface area contributed by atoms with Crippen molar-refractivity contribution in [3.63, 3.8) is 0 Å². The van der Waals surface area contributed by atoms with Gasteiger partial charge in [0.1, 0.15) is 5.58 Å². The van der Waals surface area contributed by atoms with Crippen LogP contribution in [0, 0.1) is 13.8 Å². The molecule has 2 aliphatic carbocycles. The van der Waals surface area contributed by atoms with E-state index >= 15 is 0 Å². The van der Waals surface area contributed by atoms with E-state index in [-0.39, 0.29) is 75.2 Å². The third-order valence-electron chi connectivity index (χ3n) is 20.1. The standard InChI is InChI=1S/C68H72BN3O/c1-41-34-45(63(3,4)5)35-42(2)59(41)70-55-39-47(71-54-29-26-44(43-22-14-13-15-23-43)36-50(54)65(9)30-18-20-32-67(65,71)11)40-56-58(55)69(52-28-27-49-48-24-16-17-25-57(48)73-62(49)61(52)70)53-38-46(64(6,7)8)37-51-60(53)72(56)68(12)33-21-19-31-66(51,68)10/h13-17,22-29,34-40H,18-21,30-33H2,1-12H3/i13D,14D,15D,22D,23D. The number of aryl methyl sites for hydroxylation is 2. The van der Waals surface area contributed by atoms with E-state index in [0.717, 1.165) is 77.5 Å². The molecule has 368 valence electrons. The second-order valence-corrected chi connectivity index (χ2v) is 26.1. The van der Waals surface area contributed by atoms with Crippen LogP contribution in [0.1, 0.15) is 161 Å². The Morgan fingerprint density at radius 1 is 0.548 bits per heavy atom. The molecule has 14 rings (SSSR count). The van der Waals surface area contributed by atoms with Crippen molar-refractivity contribution in [1.29, 1.82) is 0 Å². The quantitative estimate of drug-likeness (QED) is 0.165. The van der Waals surface area contributed by atoms with Crippen molar-refractivity contribution >= 4 is 84.9 Å². The smallest absolute Gasteiger partial charge is 0.252 e. The van der Waals surface area contributed by atoms with Gasteiger partial charge >= 0.3 is 0 Å². The van der Waals surface area contributed by atoms with Crippen molar-refractivity contribution in [3.8, 4) is 11.1 Å². The van der Waals surface area contributed by atoms with Gasteiger partial charge in [-0.3, -0.25) is 0 Å². The lowest BCUT2D eigenvalue weighted by atomic mass is 9.33. The van der Waals surface area contributed by atoms with Gasteiger partial charge in [-0.1, -0.05) is 172 Å². The average molecular weight is 963 g/mol. The molecule has 0 radical (unpaired) electrons. The first kappa shape index (κ1) is 40.2. The number of benzene rings is 7. The van der Waals surface area contributed by atoms with Crippen molar-refractivity contribution in [2.75, 3.05) is 14.7 Å². The Bertz CT molecular complexity index is 3950. The van der Waals surface area contributed by atoms with Crippen LogP contribution in [0.3, 0.4) is 0 Å². The van der Waals surface area contributed by atoms with E-state index in [1.165, 1.54) is 85.4 Å². The minimum absolute atomic E-state index is 0.0539. The van der Waals surface area contributed by atoms with Crippen molar-refractivity contribution in [2.45, 2.75) is 167 Å². The van der Waals surface area contributed by atoms with Crippen molar-refractivity contribution in [2.24, 2.45) is 0 Å². The Balaban J connectivity index is 1.13. The predicted molar refractivity (Wildman–Crippen MR) is 311 cm³/mol. The molecule has 0 N–H and O–H groups in total. The zero-order valence-electron chi connectivity index (χ0n) is 50.1. The Labute approximate surface area is 441 Å². The van der Waals surface area contributed by atoms with Gasteiger partial charge in [-0.2, -0.15) is 0 Å². The van der Waals surface area contributed by atoms with Crippen LogP contribution in [-0.2, 0) is 21.7 Å². The molecule has 5 heterocycles. The van der Waals surface area contributed by atoms with E-state index in [4.69, 9.17) is 11.3 Å². The zero-order chi connectivity index (χ0) is 54.9. The highest BCUT2D eigenvalue weighted by atomic mass is 16.3. The molecule has 8 aromatic rings. The van der Waals surface area contributed by atoms with E-state index in [2.05, 4.69) is 183 Å². The van der Waals surface area contributed by atoms with Gasteiger partial charge in [0.05, 0.1) is 29.3 Å². The third-order valence-corrected chi connectivity index (χ3v) is 20.1. The number of fused-ring (bicyclic) bond motifs is 14. The maximum Gasteiger partial charge on any atom is 0.252 e. The van der Waals surface area contributed by atoms with Crippen LogP contribution < -0.4 is 31.1 Å². The Hall–Kier alpha value is -6.20. The molecule has 2 fully saturated rings. The van der Waals surface area contributed by atoms with Crippen molar-refractivity contribution < 1.29 is 11.3 Å². The van der Waals surface area contributed by atoms with Crippen LogP contribution >= 0.6 is 0 Å². The molecule has 73 heavy (non-hydrogen) atoms. The maximum atomic E-state index is 9.09. The Kier molecular flexibility index (Phi) is 8.14. The van der Waals surface area contributed by atoms with Crippen molar-refractivity contribution in [3.05, 3.63) is 155 Å². The molecule has 4 aliphatic heterocycles. The van der Waals surface area contributed by atoms with Gasteiger partial charge in [-0.15, -0.1) is 0 Å². The highest BCUT2D eigenvalue weighted by Gasteiger charge is 2.63. The number of hydrogen-bond acceptors (Lipinski definition) is 4. The van der Waals surface area contributed by atoms with E-state index < -0.39 is 0 Å². The first-order valence-electron chi connectivity index (χ1n) is 29.9. The molecule has 4 unspecified atom stereocenters. The number of nitrogens with zero attached hydrogens (tertiary/aromatic N) is 3. The third kappa shape index (κ3) is 5.81. The van der Waals surface area contributed by atoms with Gasteiger partial charge in [0.25, 0.3) is 6.71 Å². The van der Waals surface area contributed by atoms with Crippen LogP contribution in [0.4, 0.5) is 39.8 Å². The fourth-order valence-electron chi connectivity index (χ4n) is 15.8. The summed E-state index contributed by atoms with van der Waals surface area (Å²) in [4.78, 5) is 8.19. The van der Waals surface area contributed by atoms with E-state index in [1.54, 1.807) is 0 Å². The Morgan fingerprint density at radius 3 is 1.88 bits per heavy atom. The molecule has 4 nitrogen and oxygen atoms in total. The minimum Gasteiger partial charge on any atom is -0.454 e. The lowest BCUT2D eigenvalue weighted by Crippen LogP contribution is -2.64. The summed E-state index contributed by atoms with van der Waals surface area (Å²) in [5.41, 5.74) is 21.7. The molecule has 0 saturated heterocycles. The van der Waals surface area contributed by atoms with Crippen LogP contribution in [0.25, 0.3) is 33.1 Å². The number of furan rings is 1. The van der Waals surface area contributed by atoms with Crippen LogP contribution in [0.5, 0.6) is 0 Å². The predicted octanol–water partition coefficient (Wildman–Crippen LogP) is 16.6. The monoisotopic (exact) mass is 963 g/mol. The highest BCUT2D eigenvalue weighted by molar-refractivity contribution is 7.00. The van der Waals surface area contributed by atoms with Gasteiger partial charge in [0.15, 0.2) is 5.58 Å².